The van der Waals surface area contributed by atoms with Crippen LogP contribution in [0.1, 0.15) is 44.7 Å². The Morgan fingerprint density at radius 3 is 2.85 bits per heavy atom. The fourth-order valence-corrected chi connectivity index (χ4v) is 5.69. The fraction of sp³-hybridized carbons (Fsp3) is 0.423. The maximum Gasteiger partial charge on any atom is 0.163 e. The highest BCUT2D eigenvalue weighted by atomic mass is 16.8. The number of nitrogens with zero attached hydrogens (tertiary/aromatic N) is 4. The number of pyridine rings is 1. The molecule has 7 nitrogen and oxygen atoms in total. The highest BCUT2D eigenvalue weighted by Crippen LogP contribution is 2.49. The van der Waals surface area contributed by atoms with Crippen molar-refractivity contribution >= 4 is 27.8 Å². The van der Waals surface area contributed by atoms with E-state index in [-0.39, 0.29) is 18.2 Å². The van der Waals surface area contributed by atoms with E-state index in [4.69, 9.17) is 15.2 Å². The van der Waals surface area contributed by atoms with Gasteiger partial charge in [-0.3, -0.25) is 4.98 Å². The predicted octanol–water partition coefficient (Wildman–Crippen LogP) is 4.67. The average molecular weight is 444 g/mol. The molecule has 4 heterocycles. The zero-order valence-electron chi connectivity index (χ0n) is 19.0. The van der Waals surface area contributed by atoms with Gasteiger partial charge in [-0.25, -0.2) is 9.97 Å². The van der Waals surface area contributed by atoms with Gasteiger partial charge < -0.3 is 19.8 Å². The van der Waals surface area contributed by atoms with E-state index in [0.717, 1.165) is 42.2 Å². The van der Waals surface area contributed by atoms with Gasteiger partial charge in [0, 0.05) is 17.8 Å². The number of aromatic nitrogens is 4. The Morgan fingerprint density at radius 1 is 1.09 bits per heavy atom. The number of anilines is 1. The molecule has 0 radical (unpaired) electrons. The van der Waals surface area contributed by atoms with E-state index in [1.165, 1.54) is 17.3 Å². The van der Waals surface area contributed by atoms with Crippen molar-refractivity contribution in [1.29, 1.82) is 0 Å². The lowest BCUT2D eigenvalue weighted by atomic mass is 9.96. The van der Waals surface area contributed by atoms with E-state index < -0.39 is 5.79 Å². The lowest BCUT2D eigenvalue weighted by Crippen LogP contribution is -2.27. The maximum atomic E-state index is 6.40. The first-order valence-electron chi connectivity index (χ1n) is 11.7. The summed E-state index contributed by atoms with van der Waals surface area (Å²) >= 11 is 0. The third-order valence-corrected chi connectivity index (χ3v) is 7.14. The summed E-state index contributed by atoms with van der Waals surface area (Å²) in [7, 11) is 0. The van der Waals surface area contributed by atoms with Crippen LogP contribution in [0.2, 0.25) is 0 Å². The Hall–Kier alpha value is -3.03. The number of ether oxygens (including phenoxy) is 2. The Labute approximate surface area is 192 Å². The molecule has 2 aliphatic rings. The van der Waals surface area contributed by atoms with Crippen LogP contribution in [0.4, 0.5) is 5.82 Å². The molecule has 1 aromatic carbocycles. The van der Waals surface area contributed by atoms with Crippen LogP contribution in [0, 0.1) is 5.92 Å². The molecule has 4 atom stereocenters. The summed E-state index contributed by atoms with van der Waals surface area (Å²) < 4.78 is 15.0. The summed E-state index contributed by atoms with van der Waals surface area (Å²) in [6.07, 6.45) is 9.87. The quantitative estimate of drug-likeness (QED) is 0.482. The molecule has 1 unspecified atom stereocenters. The zero-order valence-corrected chi connectivity index (χ0v) is 19.0. The molecule has 0 bridgehead atoms. The van der Waals surface area contributed by atoms with Gasteiger partial charge in [0.25, 0.3) is 0 Å². The highest BCUT2D eigenvalue weighted by molar-refractivity contribution is 5.86. The van der Waals surface area contributed by atoms with Gasteiger partial charge in [-0.15, -0.1) is 0 Å². The van der Waals surface area contributed by atoms with Gasteiger partial charge >= 0.3 is 0 Å². The molecule has 2 fully saturated rings. The Kier molecular flexibility index (Phi) is 4.85. The van der Waals surface area contributed by atoms with Crippen molar-refractivity contribution in [3.8, 4) is 0 Å². The minimum atomic E-state index is -0.578. The molecule has 33 heavy (non-hydrogen) atoms. The summed E-state index contributed by atoms with van der Waals surface area (Å²) in [5, 5.41) is 2.09. The monoisotopic (exact) mass is 443 g/mol. The number of aryl methyl sites for hydroxylation is 1. The maximum absolute atomic E-state index is 6.40. The van der Waals surface area contributed by atoms with Gasteiger partial charge in [-0.1, -0.05) is 18.2 Å². The molecule has 0 amide bonds. The van der Waals surface area contributed by atoms with E-state index in [1.54, 1.807) is 0 Å². The van der Waals surface area contributed by atoms with E-state index in [1.807, 2.05) is 32.2 Å². The third-order valence-electron chi connectivity index (χ3n) is 7.14. The van der Waals surface area contributed by atoms with E-state index in [0.29, 0.717) is 11.7 Å². The van der Waals surface area contributed by atoms with Crippen LogP contribution in [-0.4, -0.2) is 37.5 Å². The number of hydrogen-bond donors (Lipinski definition) is 1. The van der Waals surface area contributed by atoms with Crippen LogP contribution >= 0.6 is 0 Å². The standard InChI is InChI=1S/C26H29N5O2/c1-26(2)32-22-18(8-5-6-16-12-17-7-3-4-9-20(17)28-14-16)13-21(23(22)33-26)31-11-10-19-24(27)29-15-30-25(19)31/h3-4,7,9-12,14-15,18,21-23H,5-6,8,13H2,1-2H3,(H2,27,29,30)/t18?,21-,22-,23+/m1/s1. The summed E-state index contributed by atoms with van der Waals surface area (Å²) in [6, 6.07) is 12.7. The van der Waals surface area contributed by atoms with Gasteiger partial charge in [0.1, 0.15) is 23.9 Å². The highest BCUT2D eigenvalue weighted by Gasteiger charge is 2.54. The average Bonchev–Trinajstić information content (AvgIpc) is 3.46. The summed E-state index contributed by atoms with van der Waals surface area (Å²) in [6.45, 7) is 4.02. The van der Waals surface area contributed by atoms with Gasteiger partial charge in [0.15, 0.2) is 5.79 Å². The molecule has 170 valence electrons. The second kappa shape index (κ2) is 7.78. The number of benzene rings is 1. The van der Waals surface area contributed by atoms with Crippen molar-refractivity contribution in [2.24, 2.45) is 5.92 Å². The molecule has 7 heteroatoms. The van der Waals surface area contributed by atoms with Crippen molar-refractivity contribution in [1.82, 2.24) is 19.5 Å². The number of rotatable bonds is 5. The van der Waals surface area contributed by atoms with Crippen molar-refractivity contribution in [3.05, 3.63) is 60.7 Å². The van der Waals surface area contributed by atoms with Crippen LogP contribution in [0.5, 0.6) is 0 Å². The SMILES string of the molecule is CC1(C)O[C@@H]2[C@H](O1)C(CCCc1cnc3ccccc3c1)C[C@H]2n1ccc2c(N)ncnc21. The lowest BCUT2D eigenvalue weighted by Gasteiger charge is -2.24. The predicted molar refractivity (Wildman–Crippen MR) is 128 cm³/mol. The molecular weight excluding hydrogens is 414 g/mol. The Morgan fingerprint density at radius 2 is 1.94 bits per heavy atom. The van der Waals surface area contributed by atoms with Gasteiger partial charge in [0.05, 0.1) is 23.0 Å². The molecule has 1 saturated carbocycles. The first-order chi connectivity index (χ1) is 16.0. The molecule has 4 aromatic rings. The first-order valence-corrected chi connectivity index (χ1v) is 11.7. The summed E-state index contributed by atoms with van der Waals surface area (Å²) in [5.41, 5.74) is 9.27. The van der Waals surface area contributed by atoms with Crippen LogP contribution in [0.15, 0.2) is 55.1 Å². The normalized spacial score (nSPS) is 26.2. The number of hydrogen-bond acceptors (Lipinski definition) is 6. The fourth-order valence-electron chi connectivity index (χ4n) is 5.69. The number of nitrogen functional groups attached to an aromatic ring is 1. The second-order valence-electron chi connectivity index (χ2n) is 9.78. The largest absolute Gasteiger partial charge is 0.383 e. The van der Waals surface area contributed by atoms with Gasteiger partial charge in [0.2, 0.25) is 0 Å². The second-order valence-corrected chi connectivity index (χ2v) is 9.78. The van der Waals surface area contributed by atoms with Crippen molar-refractivity contribution in [2.75, 3.05) is 5.73 Å². The van der Waals surface area contributed by atoms with Crippen LogP contribution in [0.3, 0.4) is 0 Å². The smallest absolute Gasteiger partial charge is 0.163 e. The zero-order chi connectivity index (χ0) is 22.6. The lowest BCUT2D eigenvalue weighted by molar-refractivity contribution is -0.160. The minimum absolute atomic E-state index is 0.000810. The van der Waals surface area contributed by atoms with E-state index in [9.17, 15) is 0 Å². The Bertz CT molecular complexity index is 1320. The molecule has 1 saturated heterocycles. The molecule has 2 N–H and O–H groups in total. The van der Waals surface area contributed by atoms with E-state index >= 15 is 0 Å². The molecular formula is C26H29N5O2. The van der Waals surface area contributed by atoms with Crippen LogP contribution in [-0.2, 0) is 15.9 Å². The first kappa shape index (κ1) is 20.6. The van der Waals surface area contributed by atoms with Crippen molar-refractivity contribution < 1.29 is 9.47 Å². The number of nitrogens with two attached hydrogens (primary N) is 1. The Balaban J connectivity index is 1.21. The van der Waals surface area contributed by atoms with Crippen molar-refractivity contribution in [2.45, 2.75) is 63.6 Å². The summed E-state index contributed by atoms with van der Waals surface area (Å²) in [5.74, 6) is 0.357. The summed E-state index contributed by atoms with van der Waals surface area (Å²) in [4.78, 5) is 13.3. The van der Waals surface area contributed by atoms with Crippen LogP contribution < -0.4 is 5.73 Å². The molecule has 3 aromatic heterocycles. The van der Waals surface area contributed by atoms with E-state index in [2.05, 4.69) is 50.0 Å². The van der Waals surface area contributed by atoms with Gasteiger partial charge in [-0.05, 0) is 69.2 Å². The molecule has 0 spiro atoms. The third kappa shape index (κ3) is 3.65. The number of fused-ring (bicyclic) bond motifs is 3. The van der Waals surface area contributed by atoms with Crippen LogP contribution in [0.25, 0.3) is 21.9 Å². The van der Waals surface area contributed by atoms with Gasteiger partial charge in [-0.2, -0.15) is 0 Å². The molecule has 1 aliphatic heterocycles. The topological polar surface area (TPSA) is 88.1 Å². The minimum Gasteiger partial charge on any atom is -0.383 e. The number of para-hydroxylation sites is 1. The van der Waals surface area contributed by atoms with Crippen molar-refractivity contribution in [3.63, 3.8) is 0 Å². The molecule has 6 rings (SSSR count). The molecule has 1 aliphatic carbocycles.